The van der Waals surface area contributed by atoms with Crippen molar-refractivity contribution in [2.24, 2.45) is 7.05 Å². The first kappa shape index (κ1) is 15.9. The van der Waals surface area contributed by atoms with Crippen LogP contribution in [0.5, 0.6) is 5.75 Å². The molecule has 1 amide bonds. The molecule has 0 spiro atoms. The molecule has 0 saturated carbocycles. The van der Waals surface area contributed by atoms with E-state index >= 15 is 0 Å². The predicted octanol–water partition coefficient (Wildman–Crippen LogP) is 2.00. The van der Waals surface area contributed by atoms with Crippen molar-refractivity contribution < 1.29 is 13.9 Å². The van der Waals surface area contributed by atoms with Gasteiger partial charge in [-0.05, 0) is 35.4 Å². The highest BCUT2D eigenvalue weighted by atomic mass is 16.5. The number of rotatable bonds is 5. The van der Waals surface area contributed by atoms with Gasteiger partial charge in [-0.2, -0.15) is 0 Å². The molecule has 1 N–H and O–H groups in total. The molecule has 0 aliphatic heterocycles. The van der Waals surface area contributed by atoms with E-state index in [1.165, 1.54) is 4.57 Å². The Balaban J connectivity index is 1.65. The molecule has 3 rings (SSSR count). The Hall–Kier alpha value is -3.02. The van der Waals surface area contributed by atoms with Crippen LogP contribution in [0.2, 0.25) is 0 Å². The molecule has 0 bridgehead atoms. The van der Waals surface area contributed by atoms with Crippen molar-refractivity contribution in [3.63, 3.8) is 0 Å². The summed E-state index contributed by atoms with van der Waals surface area (Å²) in [7, 11) is 3.25. The summed E-state index contributed by atoms with van der Waals surface area (Å²) in [5.41, 5.74) is 3.03. The molecule has 24 heavy (non-hydrogen) atoms. The maximum absolute atomic E-state index is 12.1. The van der Waals surface area contributed by atoms with Crippen LogP contribution in [0.15, 0.2) is 51.7 Å². The number of ether oxygens (including phenoxy) is 1. The van der Waals surface area contributed by atoms with Crippen LogP contribution in [0, 0.1) is 0 Å². The third-order valence-electron chi connectivity index (χ3n) is 3.84. The number of amides is 1. The number of carbonyl (C=O) groups is 1. The quantitative estimate of drug-likeness (QED) is 0.778. The lowest BCUT2D eigenvalue weighted by atomic mass is 10.1. The van der Waals surface area contributed by atoms with Gasteiger partial charge in [0.25, 0.3) is 0 Å². The average molecular weight is 326 g/mol. The van der Waals surface area contributed by atoms with Crippen molar-refractivity contribution in [2.75, 3.05) is 7.11 Å². The molecule has 0 unspecified atom stereocenters. The van der Waals surface area contributed by atoms with Crippen LogP contribution >= 0.6 is 0 Å². The summed E-state index contributed by atoms with van der Waals surface area (Å²) in [6.07, 6.45) is 0.281. The Morgan fingerprint density at radius 1 is 1.21 bits per heavy atom. The van der Waals surface area contributed by atoms with Crippen molar-refractivity contribution >= 4 is 17.0 Å². The molecule has 6 nitrogen and oxygen atoms in total. The van der Waals surface area contributed by atoms with Gasteiger partial charge in [-0.1, -0.05) is 18.2 Å². The molecule has 1 heterocycles. The number of hydrogen-bond acceptors (Lipinski definition) is 4. The van der Waals surface area contributed by atoms with Crippen molar-refractivity contribution in [3.05, 3.63) is 64.1 Å². The van der Waals surface area contributed by atoms with E-state index < -0.39 is 5.76 Å². The lowest BCUT2D eigenvalue weighted by molar-refractivity contribution is -0.120. The van der Waals surface area contributed by atoms with Gasteiger partial charge in [0, 0.05) is 13.6 Å². The number of hydrogen-bond donors (Lipinski definition) is 1. The second-order valence-electron chi connectivity index (χ2n) is 5.53. The first-order valence-electron chi connectivity index (χ1n) is 7.55. The van der Waals surface area contributed by atoms with Crippen molar-refractivity contribution in [2.45, 2.75) is 13.0 Å². The zero-order valence-electron chi connectivity index (χ0n) is 13.5. The van der Waals surface area contributed by atoms with Crippen LogP contribution < -0.4 is 15.8 Å². The van der Waals surface area contributed by atoms with Crippen LogP contribution in [0.4, 0.5) is 0 Å². The van der Waals surface area contributed by atoms with Crippen molar-refractivity contribution in [3.8, 4) is 5.75 Å². The normalized spacial score (nSPS) is 10.8. The molecule has 0 radical (unpaired) electrons. The first-order valence-corrected chi connectivity index (χ1v) is 7.55. The fourth-order valence-electron chi connectivity index (χ4n) is 2.51. The summed E-state index contributed by atoms with van der Waals surface area (Å²) >= 11 is 0. The predicted molar refractivity (Wildman–Crippen MR) is 90.0 cm³/mol. The molecule has 0 fully saturated rings. The molecule has 0 aliphatic rings. The SMILES string of the molecule is COc1cccc(CC(=O)NCc2ccc3oc(=O)n(C)c3c2)c1. The minimum absolute atomic E-state index is 0.0792. The van der Waals surface area contributed by atoms with Crippen LogP contribution in [0.3, 0.4) is 0 Å². The number of methoxy groups -OCH3 is 1. The molecule has 3 aromatic rings. The summed E-state index contributed by atoms with van der Waals surface area (Å²) in [5.74, 6) is 0.250. The Kier molecular flexibility index (Phi) is 4.37. The van der Waals surface area contributed by atoms with E-state index in [0.29, 0.717) is 17.6 Å². The highest BCUT2D eigenvalue weighted by molar-refractivity contribution is 5.79. The average Bonchev–Trinajstić information content (AvgIpc) is 2.87. The van der Waals surface area contributed by atoms with Crippen LogP contribution in [-0.4, -0.2) is 17.6 Å². The van der Waals surface area contributed by atoms with E-state index in [0.717, 1.165) is 16.9 Å². The molecular formula is C18H18N2O4. The van der Waals surface area contributed by atoms with Gasteiger partial charge in [-0.15, -0.1) is 0 Å². The number of aryl methyl sites for hydroxylation is 1. The van der Waals surface area contributed by atoms with Gasteiger partial charge in [-0.25, -0.2) is 4.79 Å². The third kappa shape index (κ3) is 3.32. The van der Waals surface area contributed by atoms with E-state index in [1.807, 2.05) is 36.4 Å². The number of nitrogens with zero attached hydrogens (tertiary/aromatic N) is 1. The van der Waals surface area contributed by atoms with Crippen molar-refractivity contribution in [1.29, 1.82) is 0 Å². The van der Waals surface area contributed by atoms with Crippen molar-refractivity contribution in [1.82, 2.24) is 9.88 Å². The van der Waals surface area contributed by atoms with E-state index in [1.54, 1.807) is 20.2 Å². The van der Waals surface area contributed by atoms with Gasteiger partial charge in [0.15, 0.2) is 5.58 Å². The Morgan fingerprint density at radius 3 is 2.83 bits per heavy atom. The number of benzene rings is 2. The van der Waals surface area contributed by atoms with Crippen LogP contribution in [0.1, 0.15) is 11.1 Å². The summed E-state index contributed by atoms with van der Waals surface area (Å²) < 4.78 is 11.7. The highest BCUT2D eigenvalue weighted by Gasteiger charge is 2.08. The Morgan fingerprint density at radius 2 is 2.04 bits per heavy atom. The minimum atomic E-state index is -0.399. The van der Waals surface area contributed by atoms with E-state index in [9.17, 15) is 9.59 Å². The van der Waals surface area contributed by atoms with Gasteiger partial charge in [0.05, 0.1) is 19.0 Å². The van der Waals surface area contributed by atoms with E-state index in [2.05, 4.69) is 5.32 Å². The van der Waals surface area contributed by atoms with Gasteiger partial charge >= 0.3 is 5.76 Å². The summed E-state index contributed by atoms with van der Waals surface area (Å²) in [6.45, 7) is 0.387. The lowest BCUT2D eigenvalue weighted by Gasteiger charge is -2.07. The number of carbonyl (C=O) groups excluding carboxylic acids is 1. The molecular weight excluding hydrogens is 308 g/mol. The Labute approximate surface area is 138 Å². The standard InChI is InChI=1S/C18H18N2O4/c1-20-15-9-13(6-7-16(15)24-18(20)22)11-19-17(21)10-12-4-3-5-14(8-12)23-2/h3-9H,10-11H2,1-2H3,(H,19,21). The maximum Gasteiger partial charge on any atom is 0.419 e. The number of aromatic nitrogens is 1. The first-order chi connectivity index (χ1) is 11.6. The third-order valence-corrected chi connectivity index (χ3v) is 3.84. The summed E-state index contributed by atoms with van der Waals surface area (Å²) in [5, 5.41) is 2.88. The molecule has 6 heteroatoms. The molecule has 124 valence electrons. The molecule has 1 aromatic heterocycles. The molecule has 0 atom stereocenters. The fourth-order valence-corrected chi connectivity index (χ4v) is 2.51. The van der Waals surface area contributed by atoms with Crippen LogP contribution in [0.25, 0.3) is 11.1 Å². The number of fused-ring (bicyclic) bond motifs is 1. The largest absolute Gasteiger partial charge is 0.497 e. The molecule has 2 aromatic carbocycles. The lowest BCUT2D eigenvalue weighted by Crippen LogP contribution is -2.24. The van der Waals surface area contributed by atoms with Gasteiger partial charge < -0.3 is 14.5 Å². The fraction of sp³-hybridized carbons (Fsp3) is 0.222. The summed E-state index contributed by atoms with van der Waals surface area (Å²) in [6, 6.07) is 12.8. The molecule has 0 aliphatic carbocycles. The van der Waals surface area contributed by atoms with E-state index in [4.69, 9.17) is 9.15 Å². The Bertz CT molecular complexity index is 940. The topological polar surface area (TPSA) is 73.5 Å². The number of nitrogens with one attached hydrogen (secondary N) is 1. The van der Waals surface area contributed by atoms with Gasteiger partial charge in [0.1, 0.15) is 5.75 Å². The highest BCUT2D eigenvalue weighted by Crippen LogP contribution is 2.15. The van der Waals surface area contributed by atoms with E-state index in [-0.39, 0.29) is 12.3 Å². The maximum atomic E-state index is 12.1. The zero-order chi connectivity index (χ0) is 17.1. The van der Waals surface area contributed by atoms with Crippen LogP contribution in [-0.2, 0) is 24.8 Å². The minimum Gasteiger partial charge on any atom is -0.497 e. The molecule has 0 saturated heterocycles. The summed E-state index contributed by atoms with van der Waals surface area (Å²) in [4.78, 5) is 23.6. The van der Waals surface area contributed by atoms with Gasteiger partial charge in [0.2, 0.25) is 5.91 Å². The zero-order valence-corrected chi connectivity index (χ0v) is 13.5. The van der Waals surface area contributed by atoms with Gasteiger partial charge in [-0.3, -0.25) is 9.36 Å². The second-order valence-corrected chi connectivity index (χ2v) is 5.53. The monoisotopic (exact) mass is 326 g/mol. The number of oxazole rings is 1. The smallest absolute Gasteiger partial charge is 0.419 e. The second kappa shape index (κ2) is 6.62.